The molecule has 1 aromatic carbocycles. The third-order valence-corrected chi connectivity index (χ3v) is 6.14. The molecule has 0 spiro atoms. The lowest BCUT2D eigenvalue weighted by atomic mass is 9.87. The van der Waals surface area contributed by atoms with E-state index in [1.54, 1.807) is 0 Å². The first-order valence-electron chi connectivity index (χ1n) is 9.85. The Morgan fingerprint density at radius 2 is 2.04 bits per heavy atom. The number of aryl methyl sites for hydroxylation is 1. The number of amides is 1. The van der Waals surface area contributed by atoms with Crippen LogP contribution in [0.2, 0.25) is 0 Å². The van der Waals surface area contributed by atoms with Gasteiger partial charge in [0.15, 0.2) is 5.69 Å². The van der Waals surface area contributed by atoms with Gasteiger partial charge >= 0.3 is 0 Å². The number of aromatic nitrogens is 3. The summed E-state index contributed by atoms with van der Waals surface area (Å²) in [5, 5.41) is 12.1. The van der Waals surface area contributed by atoms with Gasteiger partial charge in [0.25, 0.3) is 5.91 Å². The largest absolute Gasteiger partial charge is 0.358 e. The summed E-state index contributed by atoms with van der Waals surface area (Å²) in [5.41, 5.74) is 6.67. The van der Waals surface area contributed by atoms with Gasteiger partial charge in [-0.1, -0.05) is 18.2 Å². The van der Waals surface area contributed by atoms with Gasteiger partial charge in [0.1, 0.15) is 0 Å². The molecule has 27 heavy (non-hydrogen) atoms. The first-order chi connectivity index (χ1) is 13.2. The smallest absolute Gasteiger partial charge is 0.274 e. The molecule has 5 rings (SSSR count). The maximum atomic E-state index is 13.0. The van der Waals surface area contributed by atoms with E-state index >= 15 is 0 Å². The summed E-state index contributed by atoms with van der Waals surface area (Å²) < 4.78 is 0. The van der Waals surface area contributed by atoms with E-state index in [9.17, 15) is 4.79 Å². The highest BCUT2D eigenvalue weighted by Crippen LogP contribution is 2.36. The molecule has 140 valence electrons. The fourth-order valence-electron chi connectivity index (χ4n) is 4.75. The second kappa shape index (κ2) is 6.53. The number of nitrogens with one attached hydrogen (secondary N) is 3. The van der Waals surface area contributed by atoms with Crippen molar-refractivity contribution in [2.24, 2.45) is 0 Å². The highest BCUT2D eigenvalue weighted by molar-refractivity contribution is 5.94. The molecule has 0 radical (unpaired) electrons. The zero-order chi connectivity index (χ0) is 18.4. The predicted octanol–water partition coefficient (Wildman–Crippen LogP) is 2.86. The molecule has 3 aromatic rings. The molecule has 2 aromatic heterocycles. The average Bonchev–Trinajstić information content (AvgIpc) is 3.28. The van der Waals surface area contributed by atoms with Gasteiger partial charge in [0.2, 0.25) is 0 Å². The highest BCUT2D eigenvalue weighted by atomic mass is 16.2. The monoisotopic (exact) mass is 363 g/mol. The van der Waals surface area contributed by atoms with E-state index in [4.69, 9.17) is 0 Å². The molecule has 2 aliphatic rings. The van der Waals surface area contributed by atoms with Gasteiger partial charge in [0.05, 0.1) is 0 Å². The number of carbonyl (C=O) groups is 1. The van der Waals surface area contributed by atoms with Crippen LogP contribution in [0.5, 0.6) is 0 Å². The number of likely N-dealkylation sites (tertiary alicyclic amines) is 1. The Kier molecular flexibility index (Phi) is 4.01. The van der Waals surface area contributed by atoms with Crippen molar-refractivity contribution < 1.29 is 4.79 Å². The quantitative estimate of drug-likeness (QED) is 0.655. The predicted molar refractivity (Wildman–Crippen MR) is 105 cm³/mol. The number of para-hydroxylation sites is 1. The molecule has 0 atom stereocenters. The number of piperidine rings is 1. The van der Waals surface area contributed by atoms with Gasteiger partial charge < -0.3 is 15.2 Å². The van der Waals surface area contributed by atoms with Gasteiger partial charge in [-0.05, 0) is 37.3 Å². The molecule has 0 aliphatic carbocycles. The van der Waals surface area contributed by atoms with Crippen LogP contribution in [0.3, 0.4) is 0 Å². The summed E-state index contributed by atoms with van der Waals surface area (Å²) in [6.07, 6.45) is 2.91. The second-order valence-electron chi connectivity index (χ2n) is 7.73. The lowest BCUT2D eigenvalue weighted by molar-refractivity contribution is 0.0706. The van der Waals surface area contributed by atoms with Crippen molar-refractivity contribution in [3.8, 4) is 0 Å². The second-order valence-corrected chi connectivity index (χ2v) is 7.73. The fraction of sp³-hybridized carbons (Fsp3) is 0.429. The molecule has 1 amide bonds. The molecule has 1 saturated heterocycles. The van der Waals surface area contributed by atoms with Crippen molar-refractivity contribution in [3.63, 3.8) is 0 Å². The van der Waals surface area contributed by atoms with E-state index in [0.717, 1.165) is 56.7 Å². The summed E-state index contributed by atoms with van der Waals surface area (Å²) in [4.78, 5) is 18.5. The minimum atomic E-state index is 0.0744. The van der Waals surface area contributed by atoms with E-state index in [2.05, 4.69) is 51.7 Å². The Morgan fingerprint density at radius 1 is 1.22 bits per heavy atom. The third kappa shape index (κ3) is 2.75. The molecule has 6 heteroatoms. The summed E-state index contributed by atoms with van der Waals surface area (Å²) in [7, 11) is 0. The minimum Gasteiger partial charge on any atom is -0.358 e. The zero-order valence-corrected chi connectivity index (χ0v) is 15.6. The summed E-state index contributed by atoms with van der Waals surface area (Å²) in [6.45, 7) is 5.42. The van der Waals surface area contributed by atoms with E-state index in [0.29, 0.717) is 11.6 Å². The number of fused-ring (bicyclic) bond motifs is 2. The first-order valence-corrected chi connectivity index (χ1v) is 9.85. The highest BCUT2D eigenvalue weighted by Gasteiger charge is 2.30. The van der Waals surface area contributed by atoms with Crippen LogP contribution in [0.25, 0.3) is 10.9 Å². The molecule has 0 saturated carbocycles. The van der Waals surface area contributed by atoms with Gasteiger partial charge in [-0.3, -0.25) is 9.89 Å². The molecule has 0 bridgehead atoms. The lowest BCUT2D eigenvalue weighted by Gasteiger charge is -2.32. The molecule has 1 fully saturated rings. The summed E-state index contributed by atoms with van der Waals surface area (Å²) in [5.74, 6) is 0.574. The Bertz CT molecular complexity index is 993. The number of aromatic amines is 2. The van der Waals surface area contributed by atoms with Gasteiger partial charge in [0, 0.05) is 60.5 Å². The lowest BCUT2D eigenvalue weighted by Crippen LogP contribution is -2.39. The van der Waals surface area contributed by atoms with Crippen molar-refractivity contribution in [1.29, 1.82) is 0 Å². The van der Waals surface area contributed by atoms with Crippen LogP contribution in [-0.2, 0) is 13.0 Å². The van der Waals surface area contributed by atoms with E-state index in [-0.39, 0.29) is 5.91 Å². The Balaban J connectivity index is 1.33. The van der Waals surface area contributed by atoms with Crippen molar-refractivity contribution in [2.75, 3.05) is 19.6 Å². The Labute approximate surface area is 158 Å². The fourth-order valence-corrected chi connectivity index (χ4v) is 4.75. The standard InChI is InChI=1S/C21H25N5O/c1-13-19(15-4-2-3-5-17(15)23-13)14-7-10-26(11-8-14)21(27)20-16-12-22-9-6-18(16)24-25-20/h2-5,14,22-23H,6-12H2,1H3,(H,24,25). The number of carbonyl (C=O) groups excluding carboxylic acids is 1. The maximum Gasteiger partial charge on any atom is 0.274 e. The van der Waals surface area contributed by atoms with E-state index in [1.165, 1.54) is 22.2 Å². The van der Waals surface area contributed by atoms with Gasteiger partial charge in [-0.15, -0.1) is 0 Å². The number of rotatable bonds is 2. The minimum absolute atomic E-state index is 0.0744. The van der Waals surface area contributed by atoms with E-state index < -0.39 is 0 Å². The normalized spacial score (nSPS) is 18.0. The van der Waals surface area contributed by atoms with Crippen molar-refractivity contribution >= 4 is 16.8 Å². The number of H-pyrrole nitrogens is 2. The van der Waals surface area contributed by atoms with Crippen LogP contribution in [0.15, 0.2) is 24.3 Å². The first kappa shape index (κ1) is 16.6. The molecule has 2 aliphatic heterocycles. The summed E-state index contributed by atoms with van der Waals surface area (Å²) in [6, 6.07) is 8.52. The van der Waals surface area contributed by atoms with Crippen LogP contribution in [0, 0.1) is 6.92 Å². The number of nitrogens with zero attached hydrogens (tertiary/aromatic N) is 2. The van der Waals surface area contributed by atoms with E-state index in [1.807, 2.05) is 4.90 Å². The van der Waals surface area contributed by atoms with Crippen LogP contribution in [0.4, 0.5) is 0 Å². The maximum absolute atomic E-state index is 13.0. The topological polar surface area (TPSA) is 76.8 Å². The Hall–Kier alpha value is -2.60. The number of hydrogen-bond donors (Lipinski definition) is 3. The average molecular weight is 363 g/mol. The zero-order valence-electron chi connectivity index (χ0n) is 15.6. The number of benzene rings is 1. The molecular formula is C21H25N5O. The van der Waals surface area contributed by atoms with Crippen LogP contribution in [-0.4, -0.2) is 45.6 Å². The van der Waals surface area contributed by atoms with Gasteiger partial charge in [-0.25, -0.2) is 0 Å². The van der Waals surface area contributed by atoms with Crippen molar-refractivity contribution in [3.05, 3.63) is 52.5 Å². The molecule has 4 heterocycles. The molecular weight excluding hydrogens is 338 g/mol. The molecule has 6 nitrogen and oxygen atoms in total. The van der Waals surface area contributed by atoms with Crippen molar-refractivity contribution in [1.82, 2.24) is 25.4 Å². The Morgan fingerprint density at radius 3 is 2.89 bits per heavy atom. The SMILES string of the molecule is Cc1[nH]c2ccccc2c1C1CCN(C(=O)c2n[nH]c3c2CNCC3)CC1. The van der Waals surface area contributed by atoms with Crippen LogP contribution < -0.4 is 5.32 Å². The summed E-state index contributed by atoms with van der Waals surface area (Å²) >= 11 is 0. The third-order valence-electron chi connectivity index (χ3n) is 6.14. The molecule has 3 N–H and O–H groups in total. The van der Waals surface area contributed by atoms with Gasteiger partial charge in [-0.2, -0.15) is 5.10 Å². The van der Waals surface area contributed by atoms with Crippen molar-refractivity contribution in [2.45, 2.75) is 38.6 Å². The van der Waals surface area contributed by atoms with Crippen LogP contribution >= 0.6 is 0 Å². The molecule has 0 unspecified atom stereocenters. The number of hydrogen-bond acceptors (Lipinski definition) is 3. The van der Waals surface area contributed by atoms with Crippen LogP contribution in [0.1, 0.15) is 51.8 Å².